The number of pyridine rings is 1. The van der Waals surface area contributed by atoms with Gasteiger partial charge in [-0.3, -0.25) is 4.98 Å². The molecular formula is C11H18N2O5S. The Hall–Kier alpha value is -1.06. The number of aromatic nitrogens is 1. The predicted molar refractivity (Wildman–Crippen MR) is 68.9 cm³/mol. The van der Waals surface area contributed by atoms with E-state index in [1.165, 1.54) is 0 Å². The second kappa shape index (κ2) is 6.92. The summed E-state index contributed by atoms with van der Waals surface area (Å²) < 4.78 is 25.8. The molecule has 7 nitrogen and oxygen atoms in total. The van der Waals surface area contributed by atoms with E-state index < -0.39 is 35.4 Å². The van der Waals surface area contributed by atoms with Crippen LogP contribution in [0.4, 0.5) is 0 Å². The maximum absolute atomic E-state index is 11.8. The largest absolute Gasteiger partial charge is 0.394 e. The molecule has 1 rings (SSSR count). The van der Waals surface area contributed by atoms with E-state index in [1.54, 1.807) is 24.5 Å². The van der Waals surface area contributed by atoms with Gasteiger partial charge in [-0.1, -0.05) is 0 Å². The van der Waals surface area contributed by atoms with Crippen LogP contribution in [-0.4, -0.2) is 59.8 Å². The first kappa shape index (κ1) is 16.0. The Morgan fingerprint density at radius 3 is 2.11 bits per heavy atom. The van der Waals surface area contributed by atoms with Crippen LogP contribution in [-0.2, 0) is 16.4 Å². The quantitative estimate of drug-likeness (QED) is 0.451. The molecule has 1 heterocycles. The minimum absolute atomic E-state index is 0.210. The Labute approximate surface area is 112 Å². The average molecular weight is 290 g/mol. The van der Waals surface area contributed by atoms with Gasteiger partial charge < -0.3 is 15.3 Å². The van der Waals surface area contributed by atoms with E-state index in [0.29, 0.717) is 0 Å². The third kappa shape index (κ3) is 4.84. The van der Waals surface area contributed by atoms with Crippen LogP contribution in [0, 0.1) is 0 Å². The lowest BCUT2D eigenvalue weighted by molar-refractivity contribution is 0.0582. The highest BCUT2D eigenvalue weighted by atomic mass is 32.2. The monoisotopic (exact) mass is 290 g/mol. The first-order valence-electron chi connectivity index (χ1n) is 5.70. The van der Waals surface area contributed by atoms with Crippen LogP contribution in [0.1, 0.15) is 5.56 Å². The van der Waals surface area contributed by atoms with Crippen molar-refractivity contribution in [2.45, 2.75) is 12.0 Å². The van der Waals surface area contributed by atoms with E-state index in [1.807, 2.05) is 0 Å². The van der Waals surface area contributed by atoms with Crippen molar-refractivity contribution in [3.63, 3.8) is 0 Å². The van der Waals surface area contributed by atoms with Gasteiger partial charge in [0.1, 0.15) is 5.54 Å². The Morgan fingerprint density at radius 2 is 1.63 bits per heavy atom. The number of sulfonamides is 1. The molecule has 8 heteroatoms. The fourth-order valence-electron chi connectivity index (χ4n) is 1.43. The van der Waals surface area contributed by atoms with Gasteiger partial charge in [-0.2, -0.15) is 0 Å². The lowest BCUT2D eigenvalue weighted by Gasteiger charge is -2.28. The lowest BCUT2D eigenvalue weighted by Crippen LogP contribution is -2.57. The van der Waals surface area contributed by atoms with Crippen molar-refractivity contribution in [3.8, 4) is 0 Å². The number of rotatable bonds is 8. The molecule has 0 saturated carbocycles. The fourth-order valence-corrected chi connectivity index (χ4v) is 2.89. The van der Waals surface area contributed by atoms with E-state index >= 15 is 0 Å². The summed E-state index contributed by atoms with van der Waals surface area (Å²) in [6.45, 7) is -2.06. The van der Waals surface area contributed by atoms with Crippen LogP contribution in [0.15, 0.2) is 24.5 Å². The van der Waals surface area contributed by atoms with Crippen LogP contribution < -0.4 is 4.72 Å². The molecule has 108 valence electrons. The number of aryl methyl sites for hydroxylation is 1. The standard InChI is InChI=1S/C11H18N2O5S/c14-7-11(8-15,9-16)13-19(17,18)6-3-10-1-4-12-5-2-10/h1-2,4-5,13-16H,3,6-9H2. The van der Waals surface area contributed by atoms with Crippen molar-refractivity contribution >= 4 is 10.0 Å². The van der Waals surface area contributed by atoms with Crippen molar-refractivity contribution in [2.75, 3.05) is 25.6 Å². The Balaban J connectivity index is 2.66. The van der Waals surface area contributed by atoms with Gasteiger partial charge in [0, 0.05) is 12.4 Å². The molecule has 19 heavy (non-hydrogen) atoms. The third-order valence-corrected chi connectivity index (χ3v) is 4.17. The summed E-state index contributed by atoms with van der Waals surface area (Å²) in [6, 6.07) is 3.40. The lowest BCUT2D eigenvalue weighted by atomic mass is 10.1. The van der Waals surface area contributed by atoms with Gasteiger partial charge in [-0.15, -0.1) is 0 Å². The summed E-state index contributed by atoms with van der Waals surface area (Å²) >= 11 is 0. The highest BCUT2D eigenvalue weighted by Gasteiger charge is 2.32. The van der Waals surface area contributed by atoms with E-state index in [4.69, 9.17) is 15.3 Å². The highest BCUT2D eigenvalue weighted by molar-refractivity contribution is 7.89. The van der Waals surface area contributed by atoms with Gasteiger partial charge in [0.2, 0.25) is 10.0 Å². The van der Waals surface area contributed by atoms with Crippen LogP contribution in [0.3, 0.4) is 0 Å². The molecule has 0 aliphatic carbocycles. The van der Waals surface area contributed by atoms with Gasteiger partial charge in [0.25, 0.3) is 0 Å². The van der Waals surface area contributed by atoms with Crippen molar-refractivity contribution in [1.82, 2.24) is 9.71 Å². The normalized spacial score (nSPS) is 12.6. The molecular weight excluding hydrogens is 272 g/mol. The van der Waals surface area contributed by atoms with E-state index in [-0.39, 0.29) is 12.2 Å². The molecule has 4 N–H and O–H groups in total. The molecule has 1 aromatic heterocycles. The first-order valence-corrected chi connectivity index (χ1v) is 7.35. The van der Waals surface area contributed by atoms with Crippen LogP contribution >= 0.6 is 0 Å². The molecule has 1 aromatic rings. The molecule has 0 radical (unpaired) electrons. The number of hydrogen-bond donors (Lipinski definition) is 4. The SMILES string of the molecule is O=S(=O)(CCc1ccncc1)NC(CO)(CO)CO. The zero-order chi connectivity index (χ0) is 14.4. The van der Waals surface area contributed by atoms with Gasteiger partial charge in [0.05, 0.1) is 25.6 Å². The van der Waals surface area contributed by atoms with Gasteiger partial charge in [-0.05, 0) is 24.1 Å². The van der Waals surface area contributed by atoms with Crippen LogP contribution in [0.2, 0.25) is 0 Å². The van der Waals surface area contributed by atoms with Gasteiger partial charge >= 0.3 is 0 Å². The van der Waals surface area contributed by atoms with Crippen molar-refractivity contribution in [3.05, 3.63) is 30.1 Å². The minimum atomic E-state index is -3.72. The topological polar surface area (TPSA) is 120 Å². The van der Waals surface area contributed by atoms with E-state index in [2.05, 4.69) is 9.71 Å². The molecule has 0 aliphatic heterocycles. The third-order valence-electron chi connectivity index (χ3n) is 2.69. The molecule has 0 fully saturated rings. The van der Waals surface area contributed by atoms with E-state index in [0.717, 1.165) is 5.56 Å². The second-order valence-corrected chi connectivity index (χ2v) is 6.12. The average Bonchev–Trinajstić information content (AvgIpc) is 2.44. The Morgan fingerprint density at radius 1 is 1.11 bits per heavy atom. The molecule has 0 saturated heterocycles. The predicted octanol–water partition coefficient (Wildman–Crippen LogP) is -1.74. The van der Waals surface area contributed by atoms with Crippen LogP contribution in [0.5, 0.6) is 0 Å². The van der Waals surface area contributed by atoms with E-state index in [9.17, 15) is 8.42 Å². The Bertz CT molecular complexity index is 465. The number of nitrogens with zero attached hydrogens (tertiary/aromatic N) is 1. The summed E-state index contributed by atoms with van der Waals surface area (Å²) in [4.78, 5) is 3.82. The molecule has 0 aromatic carbocycles. The second-order valence-electron chi connectivity index (χ2n) is 4.28. The van der Waals surface area contributed by atoms with Crippen LogP contribution in [0.25, 0.3) is 0 Å². The smallest absolute Gasteiger partial charge is 0.212 e. The number of hydrogen-bond acceptors (Lipinski definition) is 6. The maximum Gasteiger partial charge on any atom is 0.212 e. The molecule has 0 aliphatic rings. The summed E-state index contributed by atoms with van der Waals surface area (Å²) in [5, 5.41) is 27.2. The zero-order valence-electron chi connectivity index (χ0n) is 10.4. The molecule has 0 unspecified atom stereocenters. The molecule has 0 amide bonds. The summed E-state index contributed by atoms with van der Waals surface area (Å²) in [5.41, 5.74) is -0.820. The number of aliphatic hydroxyl groups is 3. The zero-order valence-corrected chi connectivity index (χ0v) is 11.2. The maximum atomic E-state index is 11.8. The summed E-state index contributed by atoms with van der Waals surface area (Å²) in [7, 11) is -3.72. The van der Waals surface area contributed by atoms with Crippen molar-refractivity contribution in [2.24, 2.45) is 0 Å². The fraction of sp³-hybridized carbons (Fsp3) is 0.545. The number of aliphatic hydroxyl groups excluding tert-OH is 3. The summed E-state index contributed by atoms with van der Waals surface area (Å²) in [5.74, 6) is -0.210. The Kier molecular flexibility index (Phi) is 5.83. The van der Waals surface area contributed by atoms with Gasteiger partial charge in [-0.25, -0.2) is 13.1 Å². The minimum Gasteiger partial charge on any atom is -0.394 e. The van der Waals surface area contributed by atoms with Gasteiger partial charge in [0.15, 0.2) is 0 Å². The molecule has 0 bridgehead atoms. The first-order chi connectivity index (χ1) is 8.97. The summed E-state index contributed by atoms with van der Waals surface area (Å²) in [6.07, 6.45) is 3.40. The highest BCUT2D eigenvalue weighted by Crippen LogP contribution is 2.06. The van der Waals surface area contributed by atoms with Crippen molar-refractivity contribution < 1.29 is 23.7 Å². The number of nitrogens with one attached hydrogen (secondary N) is 1. The molecule has 0 spiro atoms. The molecule has 0 atom stereocenters. The van der Waals surface area contributed by atoms with Crippen molar-refractivity contribution in [1.29, 1.82) is 0 Å².